The number of nitrogens with one attached hydrogen (secondary N) is 1. The lowest BCUT2D eigenvalue weighted by Crippen LogP contribution is -2.47. The predicted octanol–water partition coefficient (Wildman–Crippen LogP) is 3.98. The fourth-order valence-corrected chi connectivity index (χ4v) is 3.97. The van der Waals surface area contributed by atoms with Gasteiger partial charge in [0.25, 0.3) is 11.8 Å². The van der Waals surface area contributed by atoms with E-state index in [0.29, 0.717) is 31.7 Å². The molecule has 1 fully saturated rings. The summed E-state index contributed by atoms with van der Waals surface area (Å²) >= 11 is 0. The highest BCUT2D eigenvalue weighted by molar-refractivity contribution is 5.93. The van der Waals surface area contributed by atoms with Gasteiger partial charge in [-0.05, 0) is 43.0 Å². The van der Waals surface area contributed by atoms with E-state index < -0.39 is 0 Å². The second kappa shape index (κ2) is 10.2. The van der Waals surface area contributed by atoms with Crippen LogP contribution in [0.5, 0.6) is 5.75 Å². The van der Waals surface area contributed by atoms with Crippen molar-refractivity contribution in [2.75, 3.05) is 19.7 Å². The molecular formula is C26H28N2O4. The summed E-state index contributed by atoms with van der Waals surface area (Å²) in [5.41, 5.74) is 3.07. The SMILES string of the molecule is Cc1ccoc1C(=O)NC1CCN(C(=O)COc2ccccc2Cc2ccccc2)CC1. The van der Waals surface area contributed by atoms with Crippen LogP contribution in [-0.2, 0) is 11.2 Å². The maximum Gasteiger partial charge on any atom is 0.287 e. The molecule has 1 aromatic heterocycles. The van der Waals surface area contributed by atoms with Gasteiger partial charge >= 0.3 is 0 Å². The summed E-state index contributed by atoms with van der Waals surface area (Å²) in [5, 5.41) is 3.01. The summed E-state index contributed by atoms with van der Waals surface area (Å²) in [7, 11) is 0. The van der Waals surface area contributed by atoms with Gasteiger partial charge in [0.1, 0.15) is 5.75 Å². The highest BCUT2D eigenvalue weighted by Gasteiger charge is 2.25. The first kappa shape index (κ1) is 21.7. The van der Waals surface area contributed by atoms with Gasteiger partial charge in [0.05, 0.1) is 6.26 Å². The Bertz CT molecular complexity index is 1050. The Balaban J connectivity index is 1.26. The van der Waals surface area contributed by atoms with E-state index in [9.17, 15) is 9.59 Å². The fourth-order valence-electron chi connectivity index (χ4n) is 3.97. The lowest BCUT2D eigenvalue weighted by atomic mass is 10.0. The van der Waals surface area contributed by atoms with E-state index in [1.807, 2.05) is 49.4 Å². The molecule has 0 unspecified atom stereocenters. The summed E-state index contributed by atoms with van der Waals surface area (Å²) in [5.74, 6) is 0.855. The zero-order valence-corrected chi connectivity index (χ0v) is 18.3. The molecule has 2 heterocycles. The molecule has 2 amide bonds. The number of hydrogen-bond acceptors (Lipinski definition) is 4. The van der Waals surface area contributed by atoms with Crippen LogP contribution in [0, 0.1) is 6.92 Å². The van der Waals surface area contributed by atoms with Crippen LogP contribution in [0.25, 0.3) is 0 Å². The average Bonchev–Trinajstić information content (AvgIpc) is 3.25. The number of piperidine rings is 1. The van der Waals surface area contributed by atoms with E-state index in [1.54, 1.807) is 11.0 Å². The minimum atomic E-state index is -0.198. The summed E-state index contributed by atoms with van der Waals surface area (Å²) in [6, 6.07) is 19.8. The molecule has 0 radical (unpaired) electrons. The van der Waals surface area contributed by atoms with Crippen molar-refractivity contribution in [1.82, 2.24) is 10.2 Å². The van der Waals surface area contributed by atoms with Crippen molar-refractivity contribution in [2.45, 2.75) is 32.2 Å². The highest BCUT2D eigenvalue weighted by Crippen LogP contribution is 2.22. The van der Waals surface area contributed by atoms with Gasteiger partial charge in [0.2, 0.25) is 0 Å². The monoisotopic (exact) mass is 432 g/mol. The maximum atomic E-state index is 12.7. The van der Waals surface area contributed by atoms with E-state index in [-0.39, 0.29) is 24.5 Å². The molecule has 4 rings (SSSR count). The van der Waals surface area contributed by atoms with Crippen LogP contribution in [0.15, 0.2) is 71.3 Å². The van der Waals surface area contributed by atoms with Crippen molar-refractivity contribution in [1.29, 1.82) is 0 Å². The van der Waals surface area contributed by atoms with Crippen LogP contribution in [0.3, 0.4) is 0 Å². The van der Waals surface area contributed by atoms with Gasteiger partial charge in [-0.2, -0.15) is 0 Å². The second-order valence-electron chi connectivity index (χ2n) is 8.12. The van der Waals surface area contributed by atoms with E-state index in [4.69, 9.17) is 9.15 Å². The van der Waals surface area contributed by atoms with Crippen LogP contribution in [-0.4, -0.2) is 42.5 Å². The smallest absolute Gasteiger partial charge is 0.287 e. The van der Waals surface area contributed by atoms with Crippen LogP contribution >= 0.6 is 0 Å². The molecule has 6 heteroatoms. The minimum absolute atomic E-state index is 0.00835. The zero-order chi connectivity index (χ0) is 22.3. The van der Waals surface area contributed by atoms with E-state index in [2.05, 4.69) is 17.4 Å². The second-order valence-corrected chi connectivity index (χ2v) is 8.12. The van der Waals surface area contributed by atoms with Gasteiger partial charge in [-0.1, -0.05) is 48.5 Å². The van der Waals surface area contributed by atoms with Crippen LogP contribution < -0.4 is 10.1 Å². The topological polar surface area (TPSA) is 71.8 Å². The van der Waals surface area contributed by atoms with Crippen molar-refractivity contribution in [2.24, 2.45) is 0 Å². The molecule has 0 atom stereocenters. The number of rotatable bonds is 7. The molecule has 1 aliphatic heterocycles. The summed E-state index contributed by atoms with van der Waals surface area (Å²) in [4.78, 5) is 26.8. The quantitative estimate of drug-likeness (QED) is 0.613. The lowest BCUT2D eigenvalue weighted by molar-refractivity contribution is -0.134. The molecule has 1 aliphatic rings. The van der Waals surface area contributed by atoms with Crippen molar-refractivity contribution >= 4 is 11.8 Å². The van der Waals surface area contributed by atoms with Gasteiger partial charge in [0.15, 0.2) is 12.4 Å². The Kier molecular flexibility index (Phi) is 6.90. The van der Waals surface area contributed by atoms with E-state index in [0.717, 1.165) is 23.3 Å². The molecule has 32 heavy (non-hydrogen) atoms. The molecule has 2 aromatic carbocycles. The van der Waals surface area contributed by atoms with Crippen molar-refractivity contribution < 1.29 is 18.7 Å². The third-order valence-corrected chi connectivity index (χ3v) is 5.81. The third-order valence-electron chi connectivity index (χ3n) is 5.81. The number of carbonyl (C=O) groups is 2. The fraction of sp³-hybridized carbons (Fsp3) is 0.308. The normalized spacial score (nSPS) is 14.2. The van der Waals surface area contributed by atoms with Gasteiger partial charge < -0.3 is 19.4 Å². The number of hydrogen-bond donors (Lipinski definition) is 1. The first-order valence-electron chi connectivity index (χ1n) is 11.0. The average molecular weight is 433 g/mol. The first-order valence-corrected chi connectivity index (χ1v) is 11.0. The minimum Gasteiger partial charge on any atom is -0.483 e. The number of benzene rings is 2. The molecule has 0 saturated carbocycles. The molecule has 1 N–H and O–H groups in total. The number of amides is 2. The van der Waals surface area contributed by atoms with Gasteiger partial charge in [-0.3, -0.25) is 9.59 Å². The number of ether oxygens (including phenoxy) is 1. The zero-order valence-electron chi connectivity index (χ0n) is 18.3. The molecular weight excluding hydrogens is 404 g/mol. The number of nitrogens with zero attached hydrogens (tertiary/aromatic N) is 1. The Morgan fingerprint density at radius 1 is 1.03 bits per heavy atom. The van der Waals surface area contributed by atoms with Crippen molar-refractivity contribution in [3.63, 3.8) is 0 Å². The van der Waals surface area contributed by atoms with Gasteiger partial charge in [-0.15, -0.1) is 0 Å². The highest BCUT2D eigenvalue weighted by atomic mass is 16.5. The molecule has 0 spiro atoms. The Morgan fingerprint density at radius 2 is 1.75 bits per heavy atom. The number of furan rings is 1. The lowest BCUT2D eigenvalue weighted by Gasteiger charge is -2.32. The summed E-state index contributed by atoms with van der Waals surface area (Å²) in [6.45, 7) is 3.04. The van der Waals surface area contributed by atoms with Gasteiger partial charge in [-0.25, -0.2) is 0 Å². The molecule has 0 bridgehead atoms. The Morgan fingerprint density at radius 3 is 2.47 bits per heavy atom. The van der Waals surface area contributed by atoms with Crippen LogP contribution in [0.4, 0.5) is 0 Å². The number of para-hydroxylation sites is 1. The number of aryl methyl sites for hydroxylation is 1. The largest absolute Gasteiger partial charge is 0.483 e. The molecule has 0 aliphatic carbocycles. The van der Waals surface area contributed by atoms with E-state index >= 15 is 0 Å². The van der Waals surface area contributed by atoms with Crippen LogP contribution in [0.2, 0.25) is 0 Å². The van der Waals surface area contributed by atoms with E-state index in [1.165, 1.54) is 11.8 Å². The van der Waals surface area contributed by atoms with Crippen molar-refractivity contribution in [3.8, 4) is 5.75 Å². The summed E-state index contributed by atoms with van der Waals surface area (Å²) in [6.07, 6.45) is 3.69. The first-order chi connectivity index (χ1) is 15.6. The third kappa shape index (κ3) is 5.38. The number of carbonyl (C=O) groups excluding carboxylic acids is 2. The molecule has 166 valence electrons. The van der Waals surface area contributed by atoms with Crippen LogP contribution in [0.1, 0.15) is 40.1 Å². The number of likely N-dealkylation sites (tertiary alicyclic amines) is 1. The Hall–Kier alpha value is -3.54. The summed E-state index contributed by atoms with van der Waals surface area (Å²) < 4.78 is 11.2. The standard InChI is InChI=1S/C26H28N2O4/c1-19-13-16-31-25(19)26(30)27-22-11-14-28(15-12-22)24(29)18-32-23-10-6-5-9-21(23)17-20-7-3-2-4-8-20/h2-10,13,16,22H,11-12,14-15,17-18H2,1H3,(H,27,30). The predicted molar refractivity (Wildman–Crippen MR) is 122 cm³/mol. The molecule has 3 aromatic rings. The Labute approximate surface area is 188 Å². The molecule has 6 nitrogen and oxygen atoms in total. The van der Waals surface area contributed by atoms with Crippen molar-refractivity contribution in [3.05, 3.63) is 89.4 Å². The van der Waals surface area contributed by atoms with Gasteiger partial charge in [0, 0.05) is 31.1 Å². The molecule has 1 saturated heterocycles. The maximum absolute atomic E-state index is 12.7.